The number of rotatable bonds is 5. The number of hydrogen-bond donors (Lipinski definition) is 2. The minimum absolute atomic E-state index is 0.00750. The van der Waals surface area contributed by atoms with Crippen molar-refractivity contribution in [2.75, 3.05) is 6.54 Å². The lowest BCUT2D eigenvalue weighted by Gasteiger charge is -2.19. The Labute approximate surface area is 119 Å². The molecular weight excluding hydrogens is 312 g/mol. The van der Waals surface area contributed by atoms with Crippen molar-refractivity contribution in [2.45, 2.75) is 30.0 Å². The third kappa shape index (κ3) is 3.72. The molecule has 2 rings (SSSR count). The topological polar surface area (TPSA) is 72.2 Å². The van der Waals surface area contributed by atoms with Crippen molar-refractivity contribution in [3.05, 3.63) is 29.6 Å². The average Bonchev–Trinajstić information content (AvgIpc) is 3.18. The molecule has 9 heteroatoms. The Morgan fingerprint density at radius 1 is 1.33 bits per heavy atom. The Balaban J connectivity index is 2.39. The van der Waals surface area contributed by atoms with Gasteiger partial charge in [0, 0.05) is 12.6 Å². The van der Waals surface area contributed by atoms with E-state index in [1.54, 1.807) is 0 Å². The first-order valence-corrected chi connectivity index (χ1v) is 7.72. The molecule has 1 aliphatic rings. The molecule has 1 fully saturated rings. The van der Waals surface area contributed by atoms with E-state index in [4.69, 9.17) is 5.73 Å². The summed E-state index contributed by atoms with van der Waals surface area (Å²) in [5, 5.41) is 0. The summed E-state index contributed by atoms with van der Waals surface area (Å²) in [6.45, 7) is -0.00750. The van der Waals surface area contributed by atoms with E-state index in [1.165, 1.54) is 0 Å². The standard InChI is InChI=1S/C12H14F4N2O2S/c13-8-3-4-11(9(5-8)12(14,15)16)21(19,20)18-10(6-17)7-1-2-7/h3-5,7,10,18H,1-2,6,17H2. The van der Waals surface area contributed by atoms with Crippen LogP contribution in [0.15, 0.2) is 23.1 Å². The summed E-state index contributed by atoms with van der Waals surface area (Å²) in [5.74, 6) is -1.11. The zero-order chi connectivity index (χ0) is 15.8. The van der Waals surface area contributed by atoms with Crippen molar-refractivity contribution in [3.63, 3.8) is 0 Å². The van der Waals surface area contributed by atoms with Gasteiger partial charge in [-0.25, -0.2) is 17.5 Å². The fourth-order valence-electron chi connectivity index (χ4n) is 2.06. The van der Waals surface area contributed by atoms with E-state index in [0.29, 0.717) is 12.1 Å². The van der Waals surface area contributed by atoms with Gasteiger partial charge in [0.15, 0.2) is 0 Å². The van der Waals surface area contributed by atoms with Gasteiger partial charge in [0.2, 0.25) is 10.0 Å². The third-order valence-corrected chi connectivity index (χ3v) is 4.84. The molecule has 1 unspecified atom stereocenters. The van der Waals surface area contributed by atoms with E-state index in [0.717, 1.165) is 12.8 Å². The molecule has 1 aliphatic carbocycles. The van der Waals surface area contributed by atoms with Gasteiger partial charge < -0.3 is 5.73 Å². The Morgan fingerprint density at radius 3 is 2.43 bits per heavy atom. The maximum atomic E-state index is 13.0. The lowest BCUT2D eigenvalue weighted by molar-refractivity contribution is -0.140. The van der Waals surface area contributed by atoms with Gasteiger partial charge in [-0.3, -0.25) is 0 Å². The van der Waals surface area contributed by atoms with Crippen molar-refractivity contribution < 1.29 is 26.0 Å². The number of nitrogens with two attached hydrogens (primary N) is 1. The van der Waals surface area contributed by atoms with Crippen molar-refractivity contribution in [3.8, 4) is 0 Å². The molecule has 21 heavy (non-hydrogen) atoms. The molecule has 0 aliphatic heterocycles. The van der Waals surface area contributed by atoms with Crippen LogP contribution in [0.4, 0.5) is 17.6 Å². The first-order chi connectivity index (χ1) is 9.65. The fraction of sp³-hybridized carbons (Fsp3) is 0.500. The highest BCUT2D eigenvalue weighted by Crippen LogP contribution is 2.36. The predicted octanol–water partition coefficient (Wildman–Crippen LogP) is 1.86. The van der Waals surface area contributed by atoms with Crippen LogP contribution >= 0.6 is 0 Å². The van der Waals surface area contributed by atoms with Crippen LogP contribution in [0.2, 0.25) is 0 Å². The van der Waals surface area contributed by atoms with Crippen molar-refractivity contribution in [1.29, 1.82) is 0 Å². The summed E-state index contributed by atoms with van der Waals surface area (Å²) in [6.07, 6.45) is -3.41. The zero-order valence-electron chi connectivity index (χ0n) is 10.8. The van der Waals surface area contributed by atoms with Crippen molar-refractivity contribution in [1.82, 2.24) is 4.72 Å². The number of alkyl halides is 3. The smallest absolute Gasteiger partial charge is 0.329 e. The molecule has 4 nitrogen and oxygen atoms in total. The molecule has 0 bridgehead atoms. The normalized spacial score (nSPS) is 17.8. The molecule has 0 saturated heterocycles. The summed E-state index contributed by atoms with van der Waals surface area (Å²) >= 11 is 0. The van der Waals surface area contributed by atoms with E-state index >= 15 is 0 Å². The number of halogens is 4. The molecule has 1 aromatic carbocycles. The molecule has 0 aromatic heterocycles. The van der Waals surface area contributed by atoms with Gasteiger partial charge in [-0.1, -0.05) is 0 Å². The quantitative estimate of drug-likeness (QED) is 0.811. The van der Waals surface area contributed by atoms with Gasteiger partial charge in [-0.05, 0) is 37.0 Å². The summed E-state index contributed by atoms with van der Waals surface area (Å²) in [5.41, 5.74) is 3.91. The summed E-state index contributed by atoms with van der Waals surface area (Å²) in [7, 11) is -4.42. The van der Waals surface area contributed by atoms with E-state index < -0.39 is 38.5 Å². The maximum absolute atomic E-state index is 13.0. The molecule has 0 radical (unpaired) electrons. The second-order valence-corrected chi connectivity index (χ2v) is 6.62. The molecule has 1 aromatic rings. The van der Waals surface area contributed by atoms with Gasteiger partial charge in [0.05, 0.1) is 10.5 Å². The van der Waals surface area contributed by atoms with E-state index in [9.17, 15) is 26.0 Å². The van der Waals surface area contributed by atoms with Crippen LogP contribution < -0.4 is 10.5 Å². The summed E-state index contributed by atoms with van der Waals surface area (Å²) in [6, 6.07) is 0.851. The molecule has 118 valence electrons. The Hall–Kier alpha value is -1.19. The average molecular weight is 326 g/mol. The molecule has 1 atom stereocenters. The molecule has 3 N–H and O–H groups in total. The first kappa shape index (κ1) is 16.2. The fourth-order valence-corrected chi connectivity index (χ4v) is 3.58. The predicted molar refractivity (Wildman–Crippen MR) is 67.3 cm³/mol. The third-order valence-electron chi connectivity index (χ3n) is 3.29. The van der Waals surface area contributed by atoms with Crippen LogP contribution in [0.1, 0.15) is 18.4 Å². The van der Waals surface area contributed by atoms with E-state index in [2.05, 4.69) is 4.72 Å². The van der Waals surface area contributed by atoms with Gasteiger partial charge in [0.25, 0.3) is 0 Å². The number of sulfonamides is 1. The Morgan fingerprint density at radius 2 is 1.95 bits per heavy atom. The minimum Gasteiger partial charge on any atom is -0.329 e. The minimum atomic E-state index is -4.97. The SMILES string of the molecule is NCC(NS(=O)(=O)c1ccc(F)cc1C(F)(F)F)C1CC1. The Kier molecular flexibility index (Phi) is 4.27. The molecule has 0 heterocycles. The van der Waals surface area contributed by atoms with Gasteiger partial charge in [-0.2, -0.15) is 13.2 Å². The van der Waals surface area contributed by atoms with Gasteiger partial charge in [-0.15, -0.1) is 0 Å². The van der Waals surface area contributed by atoms with Crippen LogP contribution in [-0.4, -0.2) is 21.0 Å². The van der Waals surface area contributed by atoms with Crippen LogP contribution in [0.3, 0.4) is 0 Å². The number of hydrogen-bond acceptors (Lipinski definition) is 3. The first-order valence-electron chi connectivity index (χ1n) is 6.24. The van der Waals surface area contributed by atoms with Crippen LogP contribution in [0, 0.1) is 11.7 Å². The second-order valence-electron chi connectivity index (χ2n) is 4.94. The highest BCUT2D eigenvalue weighted by Gasteiger charge is 2.39. The molecule has 1 saturated carbocycles. The second kappa shape index (κ2) is 5.54. The lowest BCUT2D eigenvalue weighted by atomic mass is 10.2. The van der Waals surface area contributed by atoms with Crippen molar-refractivity contribution >= 4 is 10.0 Å². The van der Waals surface area contributed by atoms with Crippen LogP contribution in [0.5, 0.6) is 0 Å². The summed E-state index contributed by atoms with van der Waals surface area (Å²) < 4.78 is 78.0. The Bertz CT molecular complexity index is 627. The lowest BCUT2D eigenvalue weighted by Crippen LogP contribution is -2.42. The molecular formula is C12H14F4N2O2S. The molecule has 0 amide bonds. The van der Waals surface area contributed by atoms with E-state index in [-0.39, 0.29) is 18.5 Å². The number of nitrogens with one attached hydrogen (secondary N) is 1. The van der Waals surface area contributed by atoms with E-state index in [1.807, 2.05) is 0 Å². The van der Waals surface area contributed by atoms with Crippen molar-refractivity contribution in [2.24, 2.45) is 11.7 Å². The monoisotopic (exact) mass is 326 g/mol. The maximum Gasteiger partial charge on any atom is 0.417 e. The van der Waals surface area contributed by atoms with Crippen LogP contribution in [0.25, 0.3) is 0 Å². The highest BCUT2D eigenvalue weighted by atomic mass is 32.2. The zero-order valence-corrected chi connectivity index (χ0v) is 11.6. The summed E-state index contributed by atoms with van der Waals surface area (Å²) in [4.78, 5) is -0.990. The van der Waals surface area contributed by atoms with Gasteiger partial charge in [0.1, 0.15) is 5.82 Å². The highest BCUT2D eigenvalue weighted by molar-refractivity contribution is 7.89. The van der Waals surface area contributed by atoms with Gasteiger partial charge >= 0.3 is 6.18 Å². The van der Waals surface area contributed by atoms with Crippen LogP contribution in [-0.2, 0) is 16.2 Å². The number of benzene rings is 1. The molecule has 0 spiro atoms. The largest absolute Gasteiger partial charge is 0.417 e.